The molecule has 3 nitrogen and oxygen atoms in total. The van der Waals surface area contributed by atoms with Crippen molar-refractivity contribution in [2.24, 2.45) is 5.73 Å². The molecular formula is C16H25NO2. The molecule has 0 bridgehead atoms. The van der Waals surface area contributed by atoms with Gasteiger partial charge in [0.15, 0.2) is 0 Å². The second-order valence-electron chi connectivity index (χ2n) is 5.14. The van der Waals surface area contributed by atoms with E-state index in [1.807, 2.05) is 25.1 Å². The molecule has 1 aliphatic heterocycles. The Balaban J connectivity index is 1.89. The molecule has 0 radical (unpaired) electrons. The van der Waals surface area contributed by atoms with Gasteiger partial charge in [-0.1, -0.05) is 18.2 Å². The molecule has 1 aliphatic rings. The van der Waals surface area contributed by atoms with E-state index >= 15 is 0 Å². The van der Waals surface area contributed by atoms with Crippen molar-refractivity contribution in [1.29, 1.82) is 0 Å². The van der Waals surface area contributed by atoms with E-state index in [-0.39, 0.29) is 6.04 Å². The molecular weight excluding hydrogens is 238 g/mol. The van der Waals surface area contributed by atoms with Gasteiger partial charge in [-0.2, -0.15) is 0 Å². The second-order valence-corrected chi connectivity index (χ2v) is 5.14. The lowest BCUT2D eigenvalue weighted by Gasteiger charge is -2.24. The van der Waals surface area contributed by atoms with E-state index in [9.17, 15) is 0 Å². The Morgan fingerprint density at radius 2 is 2.21 bits per heavy atom. The average Bonchev–Trinajstić information content (AvgIpc) is 2.47. The molecule has 2 rings (SSSR count). The van der Waals surface area contributed by atoms with E-state index in [4.69, 9.17) is 15.2 Å². The minimum absolute atomic E-state index is 0.0354. The molecule has 0 amide bonds. The highest BCUT2D eigenvalue weighted by atomic mass is 16.5. The van der Waals surface area contributed by atoms with Gasteiger partial charge in [0.1, 0.15) is 5.75 Å². The van der Waals surface area contributed by atoms with E-state index in [0.717, 1.165) is 30.8 Å². The maximum absolute atomic E-state index is 6.31. The van der Waals surface area contributed by atoms with E-state index < -0.39 is 0 Å². The van der Waals surface area contributed by atoms with Gasteiger partial charge in [-0.25, -0.2) is 0 Å². The molecule has 1 fully saturated rings. The van der Waals surface area contributed by atoms with Gasteiger partial charge < -0.3 is 15.2 Å². The number of para-hydroxylation sites is 1. The Hall–Kier alpha value is -1.06. The van der Waals surface area contributed by atoms with Crippen molar-refractivity contribution in [2.45, 2.75) is 51.2 Å². The molecule has 2 atom stereocenters. The predicted octanol–water partition coefficient (Wildman–Crippen LogP) is 3.43. The summed E-state index contributed by atoms with van der Waals surface area (Å²) in [5.74, 6) is 0.919. The Kier molecular flexibility index (Phi) is 5.67. The highest BCUT2D eigenvalue weighted by molar-refractivity contribution is 5.35. The van der Waals surface area contributed by atoms with Crippen LogP contribution in [-0.2, 0) is 4.74 Å². The van der Waals surface area contributed by atoms with Crippen LogP contribution in [-0.4, -0.2) is 19.3 Å². The standard InChI is InChI=1S/C16H25NO2/c1-2-18-16-9-4-3-8-14(16)15(17)11-10-13-7-5-6-12-19-13/h3-4,8-9,13,15H,2,5-7,10-12,17H2,1H3. The first-order valence-corrected chi connectivity index (χ1v) is 7.40. The molecule has 3 heteroatoms. The molecule has 0 aromatic heterocycles. The Morgan fingerprint density at radius 3 is 2.95 bits per heavy atom. The fourth-order valence-corrected chi connectivity index (χ4v) is 2.63. The van der Waals surface area contributed by atoms with Crippen LogP contribution in [0.5, 0.6) is 5.75 Å². The van der Waals surface area contributed by atoms with Crippen molar-refractivity contribution in [3.8, 4) is 5.75 Å². The summed E-state index contributed by atoms with van der Waals surface area (Å²) in [5, 5.41) is 0. The van der Waals surface area contributed by atoms with Crippen LogP contribution in [0.2, 0.25) is 0 Å². The summed E-state index contributed by atoms with van der Waals surface area (Å²) in [4.78, 5) is 0. The largest absolute Gasteiger partial charge is 0.494 e. The average molecular weight is 263 g/mol. The number of hydrogen-bond donors (Lipinski definition) is 1. The lowest BCUT2D eigenvalue weighted by molar-refractivity contribution is 0.00909. The van der Waals surface area contributed by atoms with Crippen molar-refractivity contribution in [1.82, 2.24) is 0 Å². The molecule has 1 saturated heterocycles. The van der Waals surface area contributed by atoms with Crippen molar-refractivity contribution in [2.75, 3.05) is 13.2 Å². The van der Waals surface area contributed by atoms with Crippen LogP contribution in [0.25, 0.3) is 0 Å². The predicted molar refractivity (Wildman–Crippen MR) is 77.4 cm³/mol. The summed E-state index contributed by atoms with van der Waals surface area (Å²) in [6.45, 7) is 3.59. The highest BCUT2D eigenvalue weighted by Gasteiger charge is 2.17. The molecule has 1 aromatic carbocycles. The van der Waals surface area contributed by atoms with Gasteiger partial charge in [-0.3, -0.25) is 0 Å². The molecule has 0 spiro atoms. The topological polar surface area (TPSA) is 44.5 Å². The zero-order valence-electron chi connectivity index (χ0n) is 11.8. The summed E-state index contributed by atoms with van der Waals surface area (Å²) in [7, 11) is 0. The zero-order valence-corrected chi connectivity index (χ0v) is 11.8. The van der Waals surface area contributed by atoms with Crippen molar-refractivity contribution >= 4 is 0 Å². The quantitative estimate of drug-likeness (QED) is 0.855. The van der Waals surface area contributed by atoms with Crippen molar-refractivity contribution < 1.29 is 9.47 Å². The molecule has 2 unspecified atom stereocenters. The van der Waals surface area contributed by atoms with Gasteiger partial charge in [-0.15, -0.1) is 0 Å². The number of hydrogen-bond acceptors (Lipinski definition) is 3. The first-order chi connectivity index (χ1) is 9.31. The van der Waals surface area contributed by atoms with E-state index in [2.05, 4.69) is 6.07 Å². The first-order valence-electron chi connectivity index (χ1n) is 7.40. The van der Waals surface area contributed by atoms with Gasteiger partial charge in [0.25, 0.3) is 0 Å². The molecule has 0 aliphatic carbocycles. The van der Waals surface area contributed by atoms with Gasteiger partial charge >= 0.3 is 0 Å². The van der Waals surface area contributed by atoms with E-state index in [1.54, 1.807) is 0 Å². The SMILES string of the molecule is CCOc1ccccc1C(N)CCC1CCCCO1. The number of ether oxygens (including phenoxy) is 2. The van der Waals surface area contributed by atoms with Crippen LogP contribution in [0.15, 0.2) is 24.3 Å². The van der Waals surface area contributed by atoms with Crippen LogP contribution in [0.4, 0.5) is 0 Å². The third kappa shape index (κ3) is 4.22. The van der Waals surface area contributed by atoms with Crippen LogP contribution < -0.4 is 10.5 Å². The molecule has 1 aromatic rings. The number of rotatable bonds is 6. The minimum atomic E-state index is 0.0354. The fourth-order valence-electron chi connectivity index (χ4n) is 2.63. The number of nitrogens with two attached hydrogens (primary N) is 1. The van der Waals surface area contributed by atoms with Gasteiger partial charge in [0.05, 0.1) is 12.7 Å². The van der Waals surface area contributed by atoms with E-state index in [1.165, 1.54) is 19.3 Å². The smallest absolute Gasteiger partial charge is 0.124 e. The monoisotopic (exact) mass is 263 g/mol. The maximum atomic E-state index is 6.31. The molecule has 19 heavy (non-hydrogen) atoms. The minimum Gasteiger partial charge on any atom is -0.494 e. The summed E-state index contributed by atoms with van der Waals surface area (Å²) < 4.78 is 11.4. The summed E-state index contributed by atoms with van der Waals surface area (Å²) in [6, 6.07) is 8.11. The molecule has 2 N–H and O–H groups in total. The Labute approximate surface area is 116 Å². The van der Waals surface area contributed by atoms with Crippen LogP contribution >= 0.6 is 0 Å². The summed E-state index contributed by atoms with van der Waals surface area (Å²) >= 11 is 0. The van der Waals surface area contributed by atoms with Crippen molar-refractivity contribution in [3.05, 3.63) is 29.8 Å². The molecule has 106 valence electrons. The van der Waals surface area contributed by atoms with Crippen LogP contribution in [0.3, 0.4) is 0 Å². The summed E-state index contributed by atoms with van der Waals surface area (Å²) in [6.07, 6.45) is 6.07. The first kappa shape index (κ1) is 14.4. The van der Waals surface area contributed by atoms with E-state index in [0.29, 0.717) is 12.7 Å². The molecule has 0 saturated carbocycles. The molecule has 1 heterocycles. The maximum Gasteiger partial charge on any atom is 0.124 e. The third-order valence-electron chi connectivity index (χ3n) is 3.69. The van der Waals surface area contributed by atoms with Crippen LogP contribution in [0, 0.1) is 0 Å². The van der Waals surface area contributed by atoms with Crippen molar-refractivity contribution in [3.63, 3.8) is 0 Å². The van der Waals surface area contributed by atoms with Crippen LogP contribution in [0.1, 0.15) is 50.6 Å². The Morgan fingerprint density at radius 1 is 1.37 bits per heavy atom. The lowest BCUT2D eigenvalue weighted by atomic mass is 9.97. The zero-order chi connectivity index (χ0) is 13.5. The second kappa shape index (κ2) is 7.51. The van der Waals surface area contributed by atoms with Gasteiger partial charge in [-0.05, 0) is 45.1 Å². The summed E-state index contributed by atoms with van der Waals surface area (Å²) in [5.41, 5.74) is 7.42. The highest BCUT2D eigenvalue weighted by Crippen LogP contribution is 2.28. The van der Waals surface area contributed by atoms with Gasteiger partial charge in [0.2, 0.25) is 0 Å². The normalized spacial score (nSPS) is 21.1. The van der Waals surface area contributed by atoms with Gasteiger partial charge in [0, 0.05) is 18.2 Å². The Bertz CT molecular complexity index is 375. The fraction of sp³-hybridized carbons (Fsp3) is 0.625. The number of benzene rings is 1. The lowest BCUT2D eigenvalue weighted by Crippen LogP contribution is -2.21. The third-order valence-corrected chi connectivity index (χ3v) is 3.69.